The summed E-state index contributed by atoms with van der Waals surface area (Å²) in [6.07, 6.45) is -0.941. The van der Waals surface area contributed by atoms with Gasteiger partial charge in [-0.1, -0.05) is 24.3 Å². The van der Waals surface area contributed by atoms with Gasteiger partial charge in [0.25, 0.3) is 5.91 Å². The molecule has 0 saturated carbocycles. The summed E-state index contributed by atoms with van der Waals surface area (Å²) < 4.78 is 16.0. The summed E-state index contributed by atoms with van der Waals surface area (Å²) in [7, 11) is 0. The van der Waals surface area contributed by atoms with Crippen molar-refractivity contribution in [3.05, 3.63) is 65.4 Å². The third-order valence-electron chi connectivity index (χ3n) is 4.62. The van der Waals surface area contributed by atoms with Crippen LogP contribution in [0.4, 0.5) is 0 Å². The average molecular weight is 392 g/mol. The highest BCUT2D eigenvalue weighted by Gasteiger charge is 2.21. The van der Waals surface area contributed by atoms with E-state index in [9.17, 15) is 9.59 Å². The number of hydrogen-bond acceptors (Lipinski definition) is 6. The van der Waals surface area contributed by atoms with Crippen LogP contribution in [0, 0.1) is 6.92 Å². The van der Waals surface area contributed by atoms with Gasteiger partial charge in [-0.3, -0.25) is 9.78 Å². The first-order valence-electron chi connectivity index (χ1n) is 9.25. The van der Waals surface area contributed by atoms with Crippen LogP contribution in [0.5, 0.6) is 11.5 Å². The Labute approximate surface area is 167 Å². The molecule has 148 valence electrons. The monoisotopic (exact) mass is 392 g/mol. The van der Waals surface area contributed by atoms with Gasteiger partial charge in [0, 0.05) is 17.6 Å². The Kier molecular flexibility index (Phi) is 5.03. The molecule has 0 spiro atoms. The fourth-order valence-electron chi connectivity index (χ4n) is 3.14. The number of esters is 1. The topological polar surface area (TPSA) is 86.8 Å². The molecule has 2 aromatic carbocycles. The summed E-state index contributed by atoms with van der Waals surface area (Å²) in [4.78, 5) is 29.5. The fraction of sp³-hybridized carbons (Fsp3) is 0.227. The molecule has 0 bridgehead atoms. The maximum absolute atomic E-state index is 12.7. The number of para-hydroxylation sites is 1. The predicted octanol–water partition coefficient (Wildman–Crippen LogP) is 3.13. The van der Waals surface area contributed by atoms with Gasteiger partial charge >= 0.3 is 5.97 Å². The van der Waals surface area contributed by atoms with E-state index >= 15 is 0 Å². The first-order chi connectivity index (χ1) is 14.0. The Hall–Kier alpha value is -3.61. The van der Waals surface area contributed by atoms with Crippen molar-refractivity contribution < 1.29 is 23.8 Å². The van der Waals surface area contributed by atoms with Gasteiger partial charge in [0.15, 0.2) is 17.6 Å². The summed E-state index contributed by atoms with van der Waals surface area (Å²) in [5.74, 6) is 0.391. The Balaban J connectivity index is 1.40. The Morgan fingerprint density at radius 1 is 1.14 bits per heavy atom. The minimum Gasteiger partial charge on any atom is -0.454 e. The van der Waals surface area contributed by atoms with E-state index in [0.29, 0.717) is 33.7 Å². The van der Waals surface area contributed by atoms with E-state index in [0.717, 1.165) is 5.56 Å². The zero-order valence-electron chi connectivity index (χ0n) is 16.1. The Morgan fingerprint density at radius 2 is 1.93 bits per heavy atom. The summed E-state index contributed by atoms with van der Waals surface area (Å²) in [6, 6.07) is 14.4. The van der Waals surface area contributed by atoms with Crippen LogP contribution >= 0.6 is 0 Å². The number of hydrogen-bond donors (Lipinski definition) is 1. The van der Waals surface area contributed by atoms with E-state index in [-0.39, 0.29) is 19.2 Å². The number of fused-ring (bicyclic) bond motifs is 2. The van der Waals surface area contributed by atoms with E-state index in [2.05, 4.69) is 10.3 Å². The van der Waals surface area contributed by atoms with Gasteiger partial charge in [-0.15, -0.1) is 0 Å². The van der Waals surface area contributed by atoms with E-state index in [1.807, 2.05) is 43.3 Å². The highest BCUT2D eigenvalue weighted by molar-refractivity contribution is 6.04. The average Bonchev–Trinajstić information content (AvgIpc) is 3.19. The molecule has 29 heavy (non-hydrogen) atoms. The maximum atomic E-state index is 12.7. The fourth-order valence-corrected chi connectivity index (χ4v) is 3.14. The van der Waals surface area contributed by atoms with Crippen LogP contribution in [0.2, 0.25) is 0 Å². The molecule has 1 aromatic heterocycles. The van der Waals surface area contributed by atoms with Gasteiger partial charge in [0.05, 0.1) is 11.1 Å². The Morgan fingerprint density at radius 3 is 2.79 bits per heavy atom. The van der Waals surface area contributed by atoms with Gasteiger partial charge in [0.2, 0.25) is 6.79 Å². The summed E-state index contributed by atoms with van der Waals surface area (Å²) in [5.41, 5.74) is 2.66. The third-order valence-corrected chi connectivity index (χ3v) is 4.62. The molecule has 4 rings (SSSR count). The molecule has 0 aliphatic carbocycles. The molecule has 0 unspecified atom stereocenters. The SMILES string of the molecule is Cc1cc(C(=O)O[C@@H](C)C(=O)NCc2ccc3c(c2)OCO3)c2ccccc2n1. The molecule has 2 heterocycles. The second kappa shape index (κ2) is 7.79. The van der Waals surface area contributed by atoms with Crippen molar-refractivity contribution >= 4 is 22.8 Å². The molecule has 1 N–H and O–H groups in total. The molecule has 3 aromatic rings. The molecule has 0 fully saturated rings. The molecule has 1 aliphatic rings. The number of ether oxygens (including phenoxy) is 3. The van der Waals surface area contributed by atoms with Crippen molar-refractivity contribution in [2.24, 2.45) is 0 Å². The first-order valence-corrected chi connectivity index (χ1v) is 9.25. The zero-order chi connectivity index (χ0) is 20.4. The number of pyridine rings is 1. The number of aromatic nitrogens is 1. The van der Waals surface area contributed by atoms with Crippen molar-refractivity contribution in [2.45, 2.75) is 26.5 Å². The number of aryl methyl sites for hydroxylation is 1. The maximum Gasteiger partial charge on any atom is 0.339 e. The van der Waals surface area contributed by atoms with E-state index in [1.54, 1.807) is 19.1 Å². The molecule has 7 nitrogen and oxygen atoms in total. The minimum absolute atomic E-state index is 0.196. The minimum atomic E-state index is -0.941. The molecule has 7 heteroatoms. The van der Waals surface area contributed by atoms with Crippen molar-refractivity contribution in [2.75, 3.05) is 6.79 Å². The highest BCUT2D eigenvalue weighted by atomic mass is 16.7. The molecule has 0 saturated heterocycles. The molecular formula is C22H20N2O5. The lowest BCUT2D eigenvalue weighted by Gasteiger charge is -2.15. The van der Waals surface area contributed by atoms with Crippen LogP contribution in [0.25, 0.3) is 10.9 Å². The largest absolute Gasteiger partial charge is 0.454 e. The van der Waals surface area contributed by atoms with Crippen LogP contribution in [-0.4, -0.2) is 29.8 Å². The molecule has 1 atom stereocenters. The highest BCUT2D eigenvalue weighted by Crippen LogP contribution is 2.32. The molecule has 0 radical (unpaired) electrons. The van der Waals surface area contributed by atoms with Crippen LogP contribution in [0.1, 0.15) is 28.5 Å². The second-order valence-electron chi connectivity index (χ2n) is 6.78. The van der Waals surface area contributed by atoms with Crippen molar-refractivity contribution in [3.8, 4) is 11.5 Å². The summed E-state index contributed by atoms with van der Waals surface area (Å²) >= 11 is 0. The smallest absolute Gasteiger partial charge is 0.339 e. The van der Waals surface area contributed by atoms with Gasteiger partial charge < -0.3 is 19.5 Å². The van der Waals surface area contributed by atoms with Gasteiger partial charge in [-0.2, -0.15) is 0 Å². The number of carbonyl (C=O) groups is 2. The number of benzene rings is 2. The van der Waals surface area contributed by atoms with E-state index in [1.165, 1.54) is 0 Å². The van der Waals surface area contributed by atoms with Crippen LogP contribution < -0.4 is 14.8 Å². The number of carbonyl (C=O) groups excluding carboxylic acids is 2. The third kappa shape index (κ3) is 3.99. The Bertz CT molecular complexity index is 1100. The summed E-state index contributed by atoms with van der Waals surface area (Å²) in [5, 5.41) is 3.46. The van der Waals surface area contributed by atoms with Crippen LogP contribution in [-0.2, 0) is 16.1 Å². The van der Waals surface area contributed by atoms with E-state index in [4.69, 9.17) is 14.2 Å². The lowest BCUT2D eigenvalue weighted by atomic mass is 10.1. The lowest BCUT2D eigenvalue weighted by Crippen LogP contribution is -2.35. The number of rotatable bonds is 5. The van der Waals surface area contributed by atoms with Crippen molar-refractivity contribution in [1.82, 2.24) is 10.3 Å². The molecule has 1 aliphatic heterocycles. The first kappa shape index (κ1) is 18.7. The predicted molar refractivity (Wildman–Crippen MR) is 106 cm³/mol. The summed E-state index contributed by atoms with van der Waals surface area (Å²) in [6.45, 7) is 3.84. The van der Waals surface area contributed by atoms with Crippen LogP contribution in [0.3, 0.4) is 0 Å². The van der Waals surface area contributed by atoms with Gasteiger partial charge in [-0.25, -0.2) is 4.79 Å². The quantitative estimate of drug-likeness (QED) is 0.672. The van der Waals surface area contributed by atoms with Gasteiger partial charge in [-0.05, 0) is 43.7 Å². The normalized spacial score (nSPS) is 13.2. The second-order valence-corrected chi connectivity index (χ2v) is 6.78. The molecular weight excluding hydrogens is 372 g/mol. The number of amides is 1. The zero-order valence-corrected chi connectivity index (χ0v) is 16.1. The van der Waals surface area contributed by atoms with Crippen LogP contribution in [0.15, 0.2) is 48.5 Å². The standard InChI is InChI=1S/C22H20N2O5/c1-13-9-17(16-5-3-4-6-18(16)24-13)22(26)29-14(2)21(25)23-11-15-7-8-19-20(10-15)28-12-27-19/h3-10,14H,11-12H2,1-2H3,(H,23,25)/t14-/m0/s1. The van der Waals surface area contributed by atoms with Gasteiger partial charge in [0.1, 0.15) is 0 Å². The van der Waals surface area contributed by atoms with Crippen molar-refractivity contribution in [3.63, 3.8) is 0 Å². The van der Waals surface area contributed by atoms with Crippen molar-refractivity contribution in [1.29, 1.82) is 0 Å². The van der Waals surface area contributed by atoms with E-state index < -0.39 is 12.1 Å². The number of nitrogens with zero attached hydrogens (tertiary/aromatic N) is 1. The lowest BCUT2D eigenvalue weighted by molar-refractivity contribution is -0.129. The number of nitrogens with one attached hydrogen (secondary N) is 1. The molecule has 1 amide bonds.